The highest BCUT2D eigenvalue weighted by atomic mass is 79.9. The average Bonchev–Trinajstić information content (AvgIpc) is 2.42. The number of hydrogen-bond donors (Lipinski definition) is 1. The molecular weight excluding hydrogens is 300 g/mol. The second kappa shape index (κ2) is 6.71. The van der Waals surface area contributed by atoms with Gasteiger partial charge in [0.2, 0.25) is 0 Å². The predicted octanol–water partition coefficient (Wildman–Crippen LogP) is 4.59. The molecule has 0 aliphatic rings. The SMILES string of the molecule is CCC(Cc1ccccc1)Nc1ccc(Br)nc1C. The van der Waals surface area contributed by atoms with E-state index < -0.39 is 0 Å². The van der Waals surface area contributed by atoms with Gasteiger partial charge in [0.15, 0.2) is 0 Å². The Balaban J connectivity index is 2.06. The van der Waals surface area contributed by atoms with Crippen LogP contribution in [0, 0.1) is 6.92 Å². The number of halogens is 1. The van der Waals surface area contributed by atoms with Crippen LogP contribution in [0.1, 0.15) is 24.6 Å². The molecular formula is C16H19BrN2. The Morgan fingerprint density at radius 3 is 2.53 bits per heavy atom. The standard InChI is InChI=1S/C16H19BrN2/c1-3-14(11-13-7-5-4-6-8-13)19-15-9-10-16(17)18-12(15)2/h4-10,14,19H,3,11H2,1-2H3. The van der Waals surface area contributed by atoms with Crippen molar-refractivity contribution in [2.24, 2.45) is 0 Å². The van der Waals surface area contributed by atoms with Crippen molar-refractivity contribution in [2.75, 3.05) is 5.32 Å². The molecule has 0 saturated carbocycles. The Morgan fingerprint density at radius 1 is 1.16 bits per heavy atom. The molecule has 3 heteroatoms. The van der Waals surface area contributed by atoms with E-state index in [9.17, 15) is 0 Å². The van der Waals surface area contributed by atoms with Gasteiger partial charge in [-0.2, -0.15) is 0 Å². The number of pyridine rings is 1. The molecule has 0 radical (unpaired) electrons. The number of nitrogens with zero attached hydrogens (tertiary/aromatic N) is 1. The van der Waals surface area contributed by atoms with Crippen LogP contribution in [0.4, 0.5) is 5.69 Å². The molecule has 1 N–H and O–H groups in total. The molecule has 1 atom stereocenters. The maximum atomic E-state index is 4.42. The van der Waals surface area contributed by atoms with Crippen LogP contribution in [0.25, 0.3) is 0 Å². The third kappa shape index (κ3) is 4.06. The first-order chi connectivity index (χ1) is 9.19. The molecule has 1 heterocycles. The molecule has 0 aliphatic heterocycles. The van der Waals surface area contributed by atoms with Crippen LogP contribution < -0.4 is 5.32 Å². The molecule has 100 valence electrons. The molecule has 0 fully saturated rings. The second-order valence-corrected chi connectivity index (χ2v) is 5.52. The van der Waals surface area contributed by atoms with Gasteiger partial charge in [0, 0.05) is 6.04 Å². The fourth-order valence-corrected chi connectivity index (χ4v) is 2.50. The Morgan fingerprint density at radius 2 is 1.89 bits per heavy atom. The second-order valence-electron chi connectivity index (χ2n) is 4.71. The van der Waals surface area contributed by atoms with Gasteiger partial charge in [-0.1, -0.05) is 37.3 Å². The van der Waals surface area contributed by atoms with Gasteiger partial charge < -0.3 is 5.32 Å². The lowest BCUT2D eigenvalue weighted by Gasteiger charge is -2.19. The van der Waals surface area contributed by atoms with Crippen molar-refractivity contribution in [3.63, 3.8) is 0 Å². The number of anilines is 1. The minimum atomic E-state index is 0.434. The maximum Gasteiger partial charge on any atom is 0.106 e. The van der Waals surface area contributed by atoms with Gasteiger partial charge in [-0.3, -0.25) is 0 Å². The van der Waals surface area contributed by atoms with Crippen molar-refractivity contribution in [2.45, 2.75) is 32.7 Å². The molecule has 0 bridgehead atoms. The Kier molecular flexibility index (Phi) is 4.97. The van der Waals surface area contributed by atoms with E-state index in [1.807, 2.05) is 13.0 Å². The lowest BCUT2D eigenvalue weighted by atomic mass is 10.0. The minimum Gasteiger partial charge on any atom is -0.381 e. The number of aromatic nitrogens is 1. The first kappa shape index (κ1) is 14.1. The van der Waals surface area contributed by atoms with Crippen molar-refractivity contribution in [3.8, 4) is 0 Å². The van der Waals surface area contributed by atoms with Gasteiger partial charge in [0.25, 0.3) is 0 Å². The van der Waals surface area contributed by atoms with E-state index in [4.69, 9.17) is 0 Å². The summed E-state index contributed by atoms with van der Waals surface area (Å²) in [5, 5.41) is 3.59. The lowest BCUT2D eigenvalue weighted by Crippen LogP contribution is -2.22. The zero-order valence-electron chi connectivity index (χ0n) is 11.4. The first-order valence-corrected chi connectivity index (χ1v) is 7.42. The number of nitrogens with one attached hydrogen (secondary N) is 1. The molecule has 19 heavy (non-hydrogen) atoms. The van der Waals surface area contributed by atoms with E-state index in [-0.39, 0.29) is 0 Å². The fourth-order valence-electron chi connectivity index (χ4n) is 2.10. The molecule has 2 rings (SSSR count). The van der Waals surface area contributed by atoms with Gasteiger partial charge in [-0.05, 0) is 53.4 Å². The summed E-state index contributed by atoms with van der Waals surface area (Å²) in [4.78, 5) is 4.42. The molecule has 1 aromatic heterocycles. The summed E-state index contributed by atoms with van der Waals surface area (Å²) in [6, 6.07) is 15.1. The van der Waals surface area contributed by atoms with Crippen molar-refractivity contribution in [1.82, 2.24) is 4.98 Å². The van der Waals surface area contributed by atoms with Crippen molar-refractivity contribution < 1.29 is 0 Å². The van der Waals surface area contributed by atoms with Gasteiger partial charge >= 0.3 is 0 Å². The van der Waals surface area contributed by atoms with Gasteiger partial charge in [-0.15, -0.1) is 0 Å². The van der Waals surface area contributed by atoms with Crippen molar-refractivity contribution in [3.05, 3.63) is 58.3 Å². The topological polar surface area (TPSA) is 24.9 Å². The largest absolute Gasteiger partial charge is 0.381 e. The highest BCUT2D eigenvalue weighted by molar-refractivity contribution is 9.10. The van der Waals surface area contributed by atoms with E-state index in [1.165, 1.54) is 5.56 Å². The van der Waals surface area contributed by atoms with Crippen molar-refractivity contribution >= 4 is 21.6 Å². The van der Waals surface area contributed by atoms with E-state index >= 15 is 0 Å². The lowest BCUT2D eigenvalue weighted by molar-refractivity contribution is 0.689. The highest BCUT2D eigenvalue weighted by Gasteiger charge is 2.09. The van der Waals surface area contributed by atoms with Crippen LogP contribution in [-0.2, 0) is 6.42 Å². The summed E-state index contributed by atoms with van der Waals surface area (Å²) in [5.41, 5.74) is 3.51. The number of hydrogen-bond acceptors (Lipinski definition) is 2. The van der Waals surface area contributed by atoms with E-state index in [0.29, 0.717) is 6.04 Å². The van der Waals surface area contributed by atoms with Crippen LogP contribution in [0.15, 0.2) is 47.1 Å². The molecule has 0 saturated heterocycles. The monoisotopic (exact) mass is 318 g/mol. The normalized spacial score (nSPS) is 12.2. The van der Waals surface area contributed by atoms with Crippen LogP contribution in [0.2, 0.25) is 0 Å². The molecule has 1 aromatic carbocycles. The minimum absolute atomic E-state index is 0.434. The fraction of sp³-hybridized carbons (Fsp3) is 0.312. The van der Waals surface area contributed by atoms with Gasteiger partial charge in [-0.25, -0.2) is 4.98 Å². The van der Waals surface area contributed by atoms with Gasteiger partial charge in [0.1, 0.15) is 4.60 Å². The van der Waals surface area contributed by atoms with Crippen LogP contribution in [0.5, 0.6) is 0 Å². The predicted molar refractivity (Wildman–Crippen MR) is 84.5 cm³/mol. The first-order valence-electron chi connectivity index (χ1n) is 6.62. The molecule has 1 unspecified atom stereocenters. The molecule has 0 aliphatic carbocycles. The zero-order chi connectivity index (χ0) is 13.7. The summed E-state index contributed by atoms with van der Waals surface area (Å²) in [5.74, 6) is 0. The smallest absolute Gasteiger partial charge is 0.106 e. The zero-order valence-corrected chi connectivity index (χ0v) is 12.9. The third-order valence-electron chi connectivity index (χ3n) is 3.23. The summed E-state index contributed by atoms with van der Waals surface area (Å²) >= 11 is 3.39. The summed E-state index contributed by atoms with van der Waals surface area (Å²) in [6.07, 6.45) is 2.12. The van der Waals surface area contributed by atoms with Crippen molar-refractivity contribution in [1.29, 1.82) is 0 Å². The van der Waals surface area contributed by atoms with Crippen LogP contribution in [0.3, 0.4) is 0 Å². The van der Waals surface area contributed by atoms with E-state index in [1.54, 1.807) is 0 Å². The third-order valence-corrected chi connectivity index (χ3v) is 3.67. The summed E-state index contributed by atoms with van der Waals surface area (Å²) < 4.78 is 0.881. The summed E-state index contributed by atoms with van der Waals surface area (Å²) in [7, 11) is 0. The number of aryl methyl sites for hydroxylation is 1. The number of benzene rings is 1. The molecule has 0 amide bonds. The van der Waals surface area contributed by atoms with E-state index in [2.05, 4.69) is 69.6 Å². The Hall–Kier alpha value is -1.35. The number of rotatable bonds is 5. The molecule has 0 spiro atoms. The summed E-state index contributed by atoms with van der Waals surface area (Å²) in [6.45, 7) is 4.24. The van der Waals surface area contributed by atoms with Crippen LogP contribution >= 0.6 is 15.9 Å². The highest BCUT2D eigenvalue weighted by Crippen LogP contribution is 2.19. The van der Waals surface area contributed by atoms with E-state index in [0.717, 1.165) is 28.8 Å². The Bertz CT molecular complexity index is 526. The average molecular weight is 319 g/mol. The molecule has 2 aromatic rings. The van der Waals surface area contributed by atoms with Gasteiger partial charge in [0.05, 0.1) is 11.4 Å². The van der Waals surface area contributed by atoms with Crippen LogP contribution in [-0.4, -0.2) is 11.0 Å². The quantitative estimate of drug-likeness (QED) is 0.816. The maximum absolute atomic E-state index is 4.42. The molecule has 2 nitrogen and oxygen atoms in total. The Labute approximate surface area is 123 Å².